The Kier molecular flexibility index (Phi) is 8.73. The van der Waals surface area contributed by atoms with Gasteiger partial charge in [0.1, 0.15) is 11.6 Å². The molecule has 0 fully saturated rings. The number of rotatable bonds is 9. The first-order valence-electron chi connectivity index (χ1n) is 13.3. The number of esters is 2. The highest BCUT2D eigenvalue weighted by Gasteiger charge is 2.35. The summed E-state index contributed by atoms with van der Waals surface area (Å²) >= 11 is 1.17. The number of aromatic nitrogens is 1. The molecule has 0 aliphatic carbocycles. The predicted octanol–water partition coefficient (Wildman–Crippen LogP) is 4.02. The van der Waals surface area contributed by atoms with Crippen molar-refractivity contribution >= 4 is 35.0 Å². The first-order chi connectivity index (χ1) is 20.4. The zero-order chi connectivity index (χ0) is 29.6. The van der Waals surface area contributed by atoms with Crippen molar-refractivity contribution in [2.75, 3.05) is 19.8 Å². The quantitative estimate of drug-likeness (QED) is 0.275. The largest absolute Gasteiger partial charge is 0.482 e. The van der Waals surface area contributed by atoms with E-state index in [0.29, 0.717) is 37.5 Å². The highest BCUT2D eigenvalue weighted by Crippen LogP contribution is 2.35. The van der Waals surface area contributed by atoms with Crippen LogP contribution in [-0.4, -0.2) is 36.3 Å². The average molecular weight is 587 g/mol. The summed E-state index contributed by atoms with van der Waals surface area (Å²) < 4.78 is 31.6. The maximum absolute atomic E-state index is 14.0. The molecule has 10 heteroatoms. The molecule has 5 rings (SSSR count). The summed E-state index contributed by atoms with van der Waals surface area (Å²) in [6, 6.07) is 20.9. The van der Waals surface area contributed by atoms with Gasteiger partial charge in [-0.3, -0.25) is 9.36 Å². The van der Waals surface area contributed by atoms with Crippen LogP contribution in [0.5, 0.6) is 5.75 Å². The lowest BCUT2D eigenvalue weighted by Crippen LogP contribution is -2.40. The number of hydrogen-bond donors (Lipinski definition) is 0. The summed E-state index contributed by atoms with van der Waals surface area (Å²) in [7, 11) is 0. The van der Waals surface area contributed by atoms with Crippen molar-refractivity contribution in [1.29, 1.82) is 0 Å². The number of benzene rings is 3. The number of thiazole rings is 1. The molecule has 0 bridgehead atoms. The van der Waals surface area contributed by atoms with Crippen LogP contribution < -0.4 is 19.6 Å². The van der Waals surface area contributed by atoms with Crippen LogP contribution in [0.15, 0.2) is 94.2 Å². The number of hydrogen-bond acceptors (Lipinski definition) is 8. The monoisotopic (exact) mass is 586 g/mol. The van der Waals surface area contributed by atoms with Crippen molar-refractivity contribution in [1.82, 2.24) is 4.57 Å². The first kappa shape index (κ1) is 28.7. The minimum absolute atomic E-state index is 0.125. The molecule has 4 aromatic rings. The second-order valence-electron chi connectivity index (χ2n) is 9.15. The fraction of sp³-hybridized carbons (Fsp3) is 0.188. The number of carbonyl (C=O) groups is 2. The van der Waals surface area contributed by atoms with E-state index < -0.39 is 23.8 Å². The SMILES string of the molecule is CCOC(=O)COc1cccc(/C=c2\sc3n(c2=O)[C@@H](c2ccc(F)cc2)C(C(=O)OCC)=C(c2ccccc2)N=3)c1. The van der Waals surface area contributed by atoms with Crippen molar-refractivity contribution in [3.05, 3.63) is 127 Å². The Morgan fingerprint density at radius 3 is 2.43 bits per heavy atom. The molecule has 1 aliphatic heterocycles. The van der Waals surface area contributed by atoms with E-state index in [9.17, 15) is 18.8 Å². The van der Waals surface area contributed by atoms with Gasteiger partial charge in [-0.2, -0.15) is 0 Å². The summed E-state index contributed by atoms with van der Waals surface area (Å²) in [5, 5.41) is 0. The number of nitrogens with zero attached hydrogens (tertiary/aromatic N) is 2. The van der Waals surface area contributed by atoms with Gasteiger partial charge < -0.3 is 14.2 Å². The van der Waals surface area contributed by atoms with Crippen LogP contribution in [0.1, 0.15) is 36.6 Å². The van der Waals surface area contributed by atoms with E-state index in [4.69, 9.17) is 19.2 Å². The third kappa shape index (κ3) is 6.08. The zero-order valence-electron chi connectivity index (χ0n) is 22.9. The lowest BCUT2D eigenvalue weighted by molar-refractivity contribution is -0.145. The summed E-state index contributed by atoms with van der Waals surface area (Å²) in [6.07, 6.45) is 1.69. The van der Waals surface area contributed by atoms with Crippen LogP contribution in [0.4, 0.5) is 4.39 Å². The van der Waals surface area contributed by atoms with Gasteiger partial charge in [-0.15, -0.1) is 0 Å². The smallest absolute Gasteiger partial charge is 0.344 e. The summed E-state index contributed by atoms with van der Waals surface area (Å²) in [4.78, 5) is 44.3. The molecule has 0 N–H and O–H groups in total. The van der Waals surface area contributed by atoms with Crippen molar-refractivity contribution in [2.24, 2.45) is 4.99 Å². The van der Waals surface area contributed by atoms with Crippen LogP contribution >= 0.6 is 11.3 Å². The lowest BCUT2D eigenvalue weighted by Gasteiger charge is -2.25. The molecule has 1 atom stereocenters. The normalized spacial score (nSPS) is 14.6. The van der Waals surface area contributed by atoms with E-state index in [-0.39, 0.29) is 31.0 Å². The first-order valence-corrected chi connectivity index (χ1v) is 14.1. The van der Waals surface area contributed by atoms with E-state index in [1.54, 1.807) is 56.3 Å². The maximum Gasteiger partial charge on any atom is 0.344 e. The molecular formula is C32H27FN2O6S. The van der Waals surface area contributed by atoms with Crippen molar-refractivity contribution in [2.45, 2.75) is 19.9 Å². The van der Waals surface area contributed by atoms with Crippen molar-refractivity contribution in [3.8, 4) is 5.75 Å². The molecule has 2 heterocycles. The Bertz CT molecular complexity index is 1830. The minimum Gasteiger partial charge on any atom is -0.482 e. The minimum atomic E-state index is -0.905. The fourth-order valence-corrected chi connectivity index (χ4v) is 5.59. The van der Waals surface area contributed by atoms with E-state index in [0.717, 1.165) is 0 Å². The van der Waals surface area contributed by atoms with Crippen LogP contribution in [0.3, 0.4) is 0 Å². The second kappa shape index (κ2) is 12.8. The summed E-state index contributed by atoms with van der Waals surface area (Å²) in [6.45, 7) is 3.56. The van der Waals surface area contributed by atoms with Gasteiger partial charge in [0.05, 0.1) is 35.1 Å². The van der Waals surface area contributed by atoms with Gasteiger partial charge in [0.15, 0.2) is 11.4 Å². The standard InChI is InChI=1S/C32H27FN2O6S/c1-3-39-26(36)19-41-24-12-8-9-20(17-24)18-25-30(37)35-29(22-13-15-23(33)16-14-22)27(31(38)40-4-2)28(34-32(35)42-25)21-10-6-5-7-11-21/h5-18,29H,3-4,19H2,1-2H3/b25-18-/t29-/m0/s1. The molecule has 0 radical (unpaired) electrons. The number of fused-ring (bicyclic) bond motifs is 1. The van der Waals surface area contributed by atoms with Crippen molar-refractivity contribution in [3.63, 3.8) is 0 Å². The fourth-order valence-electron chi connectivity index (χ4n) is 4.59. The Morgan fingerprint density at radius 1 is 0.976 bits per heavy atom. The molecule has 0 spiro atoms. The van der Waals surface area contributed by atoms with Gasteiger partial charge in [-0.1, -0.05) is 65.9 Å². The Balaban J connectivity index is 1.67. The summed E-state index contributed by atoms with van der Waals surface area (Å²) in [5.41, 5.74) is 2.06. The number of carbonyl (C=O) groups excluding carboxylic acids is 2. The molecular weight excluding hydrogens is 559 g/mol. The van der Waals surface area contributed by atoms with E-state index in [1.807, 2.05) is 30.3 Å². The topological polar surface area (TPSA) is 96.2 Å². The number of ether oxygens (including phenoxy) is 3. The molecule has 0 amide bonds. The molecule has 1 aromatic heterocycles. The van der Waals surface area contributed by atoms with Gasteiger partial charge in [-0.05, 0) is 55.3 Å². The van der Waals surface area contributed by atoms with E-state index in [1.165, 1.54) is 28.0 Å². The molecule has 1 aliphatic rings. The molecule has 214 valence electrons. The van der Waals surface area contributed by atoms with Crippen LogP contribution in [0, 0.1) is 5.82 Å². The van der Waals surface area contributed by atoms with Gasteiger partial charge in [-0.25, -0.2) is 19.0 Å². The van der Waals surface area contributed by atoms with Gasteiger partial charge in [0.25, 0.3) is 5.56 Å². The van der Waals surface area contributed by atoms with Crippen molar-refractivity contribution < 1.29 is 28.2 Å². The van der Waals surface area contributed by atoms with Gasteiger partial charge in [0, 0.05) is 5.56 Å². The van der Waals surface area contributed by atoms with Crippen LogP contribution in [0.25, 0.3) is 11.8 Å². The molecule has 8 nitrogen and oxygen atoms in total. The van der Waals surface area contributed by atoms with Crippen LogP contribution in [0.2, 0.25) is 0 Å². The highest BCUT2D eigenvalue weighted by molar-refractivity contribution is 7.07. The third-order valence-corrected chi connectivity index (χ3v) is 7.36. The van der Waals surface area contributed by atoms with Gasteiger partial charge >= 0.3 is 11.9 Å². The number of halogens is 1. The maximum atomic E-state index is 14.0. The Labute approximate surface area is 244 Å². The molecule has 42 heavy (non-hydrogen) atoms. The van der Waals surface area contributed by atoms with Crippen LogP contribution in [-0.2, 0) is 19.1 Å². The van der Waals surface area contributed by atoms with E-state index in [2.05, 4.69) is 0 Å². The van der Waals surface area contributed by atoms with Gasteiger partial charge in [0.2, 0.25) is 0 Å². The lowest BCUT2D eigenvalue weighted by atomic mass is 9.93. The summed E-state index contributed by atoms with van der Waals surface area (Å²) in [5.74, 6) is -1.11. The molecule has 3 aromatic carbocycles. The second-order valence-corrected chi connectivity index (χ2v) is 10.2. The molecule has 0 unspecified atom stereocenters. The molecule has 0 saturated carbocycles. The molecule has 0 saturated heterocycles. The predicted molar refractivity (Wildman–Crippen MR) is 156 cm³/mol. The Morgan fingerprint density at radius 2 is 1.71 bits per heavy atom. The van der Waals surface area contributed by atoms with E-state index >= 15 is 0 Å². The Hall–Kier alpha value is -4.83. The third-order valence-electron chi connectivity index (χ3n) is 6.38. The highest BCUT2D eigenvalue weighted by atomic mass is 32.1. The average Bonchev–Trinajstić information content (AvgIpc) is 3.30. The zero-order valence-corrected chi connectivity index (χ0v) is 23.7.